The third-order valence-corrected chi connectivity index (χ3v) is 5.83. The van der Waals surface area contributed by atoms with Gasteiger partial charge in [-0.2, -0.15) is 0 Å². The van der Waals surface area contributed by atoms with Gasteiger partial charge < -0.3 is 0 Å². The van der Waals surface area contributed by atoms with Crippen molar-refractivity contribution in [1.82, 2.24) is 0 Å². The molecule has 0 aliphatic rings. The fraction of sp³-hybridized carbons (Fsp3) is 0.600. The lowest BCUT2D eigenvalue weighted by molar-refractivity contribution is -0.697. The summed E-state index contributed by atoms with van der Waals surface area (Å²) in [6, 6.07) is 4.46. The quantitative estimate of drug-likeness (QED) is 0.335. The topological polar surface area (TPSA) is 7.76 Å². The van der Waals surface area contributed by atoms with E-state index in [0.29, 0.717) is 0 Å². The van der Waals surface area contributed by atoms with Crippen LogP contribution in [0.4, 0.5) is 0 Å². The summed E-state index contributed by atoms with van der Waals surface area (Å²) in [7, 11) is 0. The van der Waals surface area contributed by atoms with Crippen LogP contribution in [0.5, 0.6) is 0 Å². The van der Waals surface area contributed by atoms with Crippen LogP contribution < -0.4 is 9.13 Å². The Kier molecular flexibility index (Phi) is 9.52. The van der Waals surface area contributed by atoms with Gasteiger partial charge in [0.2, 0.25) is 0 Å². The Hall–Kier alpha value is -1.70. The average molecular weight is 369 g/mol. The van der Waals surface area contributed by atoms with Crippen LogP contribution in [-0.2, 0) is 13.1 Å². The maximum Gasteiger partial charge on any atom is 0.171 e. The normalized spacial score (nSPS) is 11.1. The summed E-state index contributed by atoms with van der Waals surface area (Å²) in [5, 5.41) is 0. The van der Waals surface area contributed by atoms with Crippen molar-refractivity contribution in [2.24, 2.45) is 0 Å². The molecule has 2 rings (SSSR count). The Morgan fingerprint density at radius 1 is 0.481 bits per heavy atom. The summed E-state index contributed by atoms with van der Waals surface area (Å²) in [5.41, 5.74) is 5.57. The third-order valence-electron chi connectivity index (χ3n) is 5.83. The maximum atomic E-state index is 2.34. The fourth-order valence-corrected chi connectivity index (χ4v) is 3.57. The van der Waals surface area contributed by atoms with Crippen molar-refractivity contribution in [3.8, 4) is 0 Å². The minimum absolute atomic E-state index is 1.16. The number of rotatable bonds is 12. The van der Waals surface area contributed by atoms with E-state index in [-0.39, 0.29) is 0 Å². The molecule has 2 aromatic heterocycles. The minimum atomic E-state index is 1.16. The molecular formula is C25H40N2+2. The molecule has 148 valence electrons. The van der Waals surface area contributed by atoms with Crippen LogP contribution in [0, 0.1) is 27.7 Å². The van der Waals surface area contributed by atoms with Crippen LogP contribution in [0.2, 0.25) is 0 Å². The first-order valence-electron chi connectivity index (χ1n) is 11.0. The van der Waals surface area contributed by atoms with E-state index in [4.69, 9.17) is 0 Å². The summed E-state index contributed by atoms with van der Waals surface area (Å²) < 4.78 is 4.69. The van der Waals surface area contributed by atoms with E-state index >= 15 is 0 Å². The predicted molar refractivity (Wildman–Crippen MR) is 114 cm³/mol. The molecule has 2 heteroatoms. The van der Waals surface area contributed by atoms with E-state index < -0.39 is 0 Å². The predicted octanol–water partition coefficient (Wildman–Crippen LogP) is 5.71. The first-order valence-corrected chi connectivity index (χ1v) is 11.0. The molecule has 0 saturated carbocycles. The SMILES string of the molecule is Cc1cc[n+](CCCCCCCCCCC[n+]2ccc(C)c(C)c2)cc1C. The van der Waals surface area contributed by atoms with Crippen molar-refractivity contribution in [1.29, 1.82) is 0 Å². The number of hydrogen-bond acceptors (Lipinski definition) is 0. The van der Waals surface area contributed by atoms with Crippen LogP contribution in [0.1, 0.15) is 80.0 Å². The Bertz CT molecular complexity index is 631. The van der Waals surface area contributed by atoms with Gasteiger partial charge in [-0.15, -0.1) is 0 Å². The molecule has 27 heavy (non-hydrogen) atoms. The number of nitrogens with zero attached hydrogens (tertiary/aromatic N) is 2. The molecule has 0 aliphatic heterocycles. The standard InChI is InChI=1S/C25H40N2/c1-22-14-18-26(20-24(22)3)16-12-10-8-6-5-7-9-11-13-17-27-19-15-23(2)25(4)21-27/h14-15,18-21H,5-13,16-17H2,1-4H3/q+2. The van der Waals surface area contributed by atoms with E-state index in [1.807, 2.05) is 0 Å². The smallest absolute Gasteiger partial charge is 0.171 e. The molecule has 0 amide bonds. The largest absolute Gasteiger partial charge is 0.205 e. The summed E-state index contributed by atoms with van der Waals surface area (Å²) in [6.07, 6.45) is 21.4. The zero-order valence-electron chi connectivity index (χ0n) is 18.1. The number of aromatic nitrogens is 2. The molecule has 0 saturated heterocycles. The van der Waals surface area contributed by atoms with Gasteiger partial charge >= 0.3 is 0 Å². The van der Waals surface area contributed by atoms with Gasteiger partial charge in [-0.05, 0) is 51.7 Å². The molecule has 0 bridgehead atoms. The van der Waals surface area contributed by atoms with Gasteiger partial charge in [0, 0.05) is 36.1 Å². The van der Waals surface area contributed by atoms with E-state index in [1.54, 1.807) is 0 Å². The molecule has 0 aliphatic carbocycles. The van der Waals surface area contributed by atoms with Gasteiger partial charge in [0.25, 0.3) is 0 Å². The summed E-state index contributed by atoms with van der Waals surface area (Å²) >= 11 is 0. The second-order valence-corrected chi connectivity index (χ2v) is 8.28. The molecular weight excluding hydrogens is 328 g/mol. The zero-order chi connectivity index (χ0) is 19.5. The van der Waals surface area contributed by atoms with Crippen molar-refractivity contribution in [3.63, 3.8) is 0 Å². The van der Waals surface area contributed by atoms with Crippen molar-refractivity contribution < 1.29 is 9.13 Å². The van der Waals surface area contributed by atoms with E-state index in [1.165, 1.54) is 80.0 Å². The van der Waals surface area contributed by atoms with Gasteiger partial charge in [0.1, 0.15) is 13.1 Å². The molecule has 0 atom stereocenters. The lowest BCUT2D eigenvalue weighted by Crippen LogP contribution is -2.33. The number of unbranched alkanes of at least 4 members (excludes halogenated alkanes) is 8. The lowest BCUT2D eigenvalue weighted by Gasteiger charge is -2.03. The zero-order valence-corrected chi connectivity index (χ0v) is 18.1. The Balaban J connectivity index is 1.42. The van der Waals surface area contributed by atoms with Gasteiger partial charge in [0.15, 0.2) is 24.8 Å². The highest BCUT2D eigenvalue weighted by Gasteiger charge is 2.04. The number of hydrogen-bond donors (Lipinski definition) is 0. The van der Waals surface area contributed by atoms with Crippen LogP contribution >= 0.6 is 0 Å². The molecule has 2 heterocycles. The molecule has 0 N–H and O–H groups in total. The van der Waals surface area contributed by atoms with Gasteiger partial charge in [-0.1, -0.05) is 32.1 Å². The van der Waals surface area contributed by atoms with Crippen molar-refractivity contribution in [2.45, 2.75) is 98.6 Å². The molecule has 2 nitrogen and oxygen atoms in total. The van der Waals surface area contributed by atoms with Crippen molar-refractivity contribution in [3.05, 3.63) is 59.2 Å². The van der Waals surface area contributed by atoms with Gasteiger partial charge in [-0.25, -0.2) is 9.13 Å². The Morgan fingerprint density at radius 3 is 1.15 bits per heavy atom. The van der Waals surface area contributed by atoms with Crippen LogP contribution in [0.15, 0.2) is 36.9 Å². The van der Waals surface area contributed by atoms with E-state index in [0.717, 1.165) is 13.1 Å². The second-order valence-electron chi connectivity index (χ2n) is 8.28. The van der Waals surface area contributed by atoms with E-state index in [2.05, 4.69) is 73.7 Å². The summed E-state index contributed by atoms with van der Waals surface area (Å²) in [4.78, 5) is 0. The molecule has 0 spiro atoms. The third kappa shape index (κ3) is 8.24. The first kappa shape index (κ1) is 21.6. The molecule has 2 aromatic rings. The minimum Gasteiger partial charge on any atom is -0.205 e. The van der Waals surface area contributed by atoms with Gasteiger partial charge in [-0.3, -0.25) is 0 Å². The highest BCUT2D eigenvalue weighted by molar-refractivity contribution is 5.17. The maximum absolute atomic E-state index is 2.34. The average Bonchev–Trinajstić information content (AvgIpc) is 2.65. The number of aryl methyl sites for hydroxylation is 6. The summed E-state index contributed by atoms with van der Waals surface area (Å²) in [6.45, 7) is 11.1. The van der Waals surface area contributed by atoms with Crippen molar-refractivity contribution >= 4 is 0 Å². The van der Waals surface area contributed by atoms with E-state index in [9.17, 15) is 0 Å². The molecule has 0 fully saturated rings. The molecule has 0 aromatic carbocycles. The highest BCUT2D eigenvalue weighted by Crippen LogP contribution is 2.10. The molecule has 0 unspecified atom stereocenters. The monoisotopic (exact) mass is 368 g/mol. The fourth-order valence-electron chi connectivity index (χ4n) is 3.57. The number of pyridine rings is 2. The van der Waals surface area contributed by atoms with Gasteiger partial charge in [0.05, 0.1) is 0 Å². The first-order chi connectivity index (χ1) is 13.1. The Labute approximate surface area is 167 Å². The van der Waals surface area contributed by atoms with Crippen molar-refractivity contribution in [2.75, 3.05) is 0 Å². The van der Waals surface area contributed by atoms with Crippen LogP contribution in [0.25, 0.3) is 0 Å². The Morgan fingerprint density at radius 2 is 0.815 bits per heavy atom. The van der Waals surface area contributed by atoms with Crippen LogP contribution in [0.3, 0.4) is 0 Å². The molecule has 0 radical (unpaired) electrons. The van der Waals surface area contributed by atoms with Crippen LogP contribution in [-0.4, -0.2) is 0 Å². The summed E-state index contributed by atoms with van der Waals surface area (Å²) in [5.74, 6) is 0. The highest BCUT2D eigenvalue weighted by atomic mass is 14.9. The lowest BCUT2D eigenvalue weighted by atomic mass is 10.1. The second kappa shape index (κ2) is 11.9.